The smallest absolute Gasteiger partial charge is 0.308 e. The number of amides is 2. The van der Waals surface area contributed by atoms with Crippen molar-refractivity contribution in [1.82, 2.24) is 10.2 Å². The van der Waals surface area contributed by atoms with Crippen molar-refractivity contribution in [3.8, 4) is 0 Å². The normalized spacial score (nSPS) is 30.2. The molecule has 0 aromatic heterocycles. The zero-order valence-corrected chi connectivity index (χ0v) is 12.0. The summed E-state index contributed by atoms with van der Waals surface area (Å²) in [6.45, 7) is 4.36. The van der Waals surface area contributed by atoms with E-state index in [1.807, 2.05) is 0 Å². The number of carbonyl (C=O) groups excluding carboxylic acids is 2. The Morgan fingerprint density at radius 1 is 1.35 bits per heavy atom. The average molecular weight is 282 g/mol. The number of carboxylic acids is 1. The Bertz CT molecular complexity index is 419. The number of likely N-dealkylation sites (tertiary alicyclic amines) is 1. The highest BCUT2D eigenvalue weighted by Crippen LogP contribution is 2.30. The van der Waals surface area contributed by atoms with Gasteiger partial charge in [0.05, 0.1) is 5.92 Å². The molecule has 20 heavy (non-hydrogen) atoms. The molecular weight excluding hydrogens is 260 g/mol. The molecule has 1 saturated carbocycles. The van der Waals surface area contributed by atoms with Gasteiger partial charge >= 0.3 is 5.97 Å². The molecule has 1 aliphatic carbocycles. The lowest BCUT2D eigenvalue weighted by atomic mass is 9.81. The van der Waals surface area contributed by atoms with Crippen LogP contribution >= 0.6 is 0 Å². The molecule has 2 amide bonds. The third kappa shape index (κ3) is 3.11. The molecule has 2 rings (SSSR count). The summed E-state index contributed by atoms with van der Waals surface area (Å²) in [4.78, 5) is 36.4. The Labute approximate surface area is 118 Å². The third-order valence-corrected chi connectivity index (χ3v) is 4.33. The number of hydrogen-bond acceptors (Lipinski definition) is 3. The fourth-order valence-corrected chi connectivity index (χ4v) is 2.98. The molecule has 0 spiro atoms. The minimum atomic E-state index is -0.857. The Morgan fingerprint density at radius 3 is 2.55 bits per heavy atom. The summed E-state index contributed by atoms with van der Waals surface area (Å²) >= 11 is 0. The van der Waals surface area contributed by atoms with Gasteiger partial charge in [-0.25, -0.2) is 0 Å². The zero-order chi connectivity index (χ0) is 14.9. The van der Waals surface area contributed by atoms with Gasteiger partial charge in [0.15, 0.2) is 0 Å². The summed E-state index contributed by atoms with van der Waals surface area (Å²) < 4.78 is 0. The van der Waals surface area contributed by atoms with Gasteiger partial charge in [-0.3, -0.25) is 14.4 Å². The quantitative estimate of drug-likeness (QED) is 0.767. The molecule has 6 nitrogen and oxygen atoms in total. The van der Waals surface area contributed by atoms with E-state index in [1.54, 1.807) is 18.7 Å². The Morgan fingerprint density at radius 2 is 2.00 bits per heavy atom. The number of hydrogen-bond donors (Lipinski definition) is 2. The van der Waals surface area contributed by atoms with Gasteiger partial charge in [0, 0.05) is 31.5 Å². The second-order valence-corrected chi connectivity index (χ2v) is 5.94. The highest BCUT2D eigenvalue weighted by Gasteiger charge is 2.41. The Hall–Kier alpha value is -1.59. The van der Waals surface area contributed by atoms with Gasteiger partial charge in [-0.05, 0) is 25.7 Å². The zero-order valence-electron chi connectivity index (χ0n) is 12.0. The molecule has 1 aliphatic heterocycles. The topological polar surface area (TPSA) is 86.7 Å². The number of aliphatic carboxylic acids is 1. The molecule has 112 valence electrons. The Kier molecular flexibility index (Phi) is 4.30. The van der Waals surface area contributed by atoms with Crippen LogP contribution in [0.2, 0.25) is 0 Å². The SMILES string of the molecule is CC1CC(=O)N(CCNC(=O)C2CC2)C(C)C1C(=O)O. The molecule has 2 N–H and O–H groups in total. The summed E-state index contributed by atoms with van der Waals surface area (Å²) in [5, 5.41) is 12.1. The van der Waals surface area contributed by atoms with Gasteiger partial charge in [0.1, 0.15) is 0 Å². The van der Waals surface area contributed by atoms with Crippen molar-refractivity contribution >= 4 is 17.8 Å². The van der Waals surface area contributed by atoms with Crippen LogP contribution in [0.3, 0.4) is 0 Å². The Balaban J connectivity index is 1.89. The average Bonchev–Trinajstić information content (AvgIpc) is 3.16. The van der Waals surface area contributed by atoms with E-state index in [-0.39, 0.29) is 36.1 Å². The van der Waals surface area contributed by atoms with Gasteiger partial charge in [-0.1, -0.05) is 6.92 Å². The van der Waals surface area contributed by atoms with Gasteiger partial charge in [0.25, 0.3) is 0 Å². The van der Waals surface area contributed by atoms with Crippen molar-refractivity contribution in [1.29, 1.82) is 0 Å². The third-order valence-electron chi connectivity index (χ3n) is 4.33. The molecule has 3 atom stereocenters. The highest BCUT2D eigenvalue weighted by molar-refractivity contribution is 5.82. The van der Waals surface area contributed by atoms with E-state index in [2.05, 4.69) is 5.32 Å². The molecule has 0 aromatic rings. The van der Waals surface area contributed by atoms with Crippen LogP contribution < -0.4 is 5.32 Å². The maximum absolute atomic E-state index is 12.0. The van der Waals surface area contributed by atoms with Crippen LogP contribution in [0.1, 0.15) is 33.1 Å². The van der Waals surface area contributed by atoms with Crippen molar-refractivity contribution in [3.05, 3.63) is 0 Å². The maximum Gasteiger partial charge on any atom is 0.308 e. The lowest BCUT2D eigenvalue weighted by molar-refractivity contribution is -0.154. The first-order valence-corrected chi connectivity index (χ1v) is 7.21. The summed E-state index contributed by atoms with van der Waals surface area (Å²) in [5.74, 6) is -1.37. The van der Waals surface area contributed by atoms with Crippen LogP contribution in [0.15, 0.2) is 0 Å². The minimum absolute atomic E-state index is 0.0248. The molecule has 2 aliphatic rings. The van der Waals surface area contributed by atoms with E-state index in [4.69, 9.17) is 0 Å². The maximum atomic E-state index is 12.0. The number of carbonyl (C=O) groups is 3. The van der Waals surface area contributed by atoms with Crippen molar-refractivity contribution in [2.75, 3.05) is 13.1 Å². The standard InChI is InChI=1S/C14H22N2O4/c1-8-7-11(17)16(9(2)12(8)14(19)20)6-5-15-13(18)10-3-4-10/h8-10,12H,3-7H2,1-2H3,(H,15,18)(H,19,20). The predicted molar refractivity (Wildman–Crippen MR) is 71.8 cm³/mol. The monoisotopic (exact) mass is 282 g/mol. The largest absolute Gasteiger partial charge is 0.481 e. The van der Waals surface area contributed by atoms with E-state index in [9.17, 15) is 19.5 Å². The number of nitrogens with one attached hydrogen (secondary N) is 1. The molecule has 0 radical (unpaired) electrons. The summed E-state index contributed by atoms with van der Waals surface area (Å²) in [5.41, 5.74) is 0. The van der Waals surface area contributed by atoms with E-state index in [0.717, 1.165) is 12.8 Å². The van der Waals surface area contributed by atoms with Crippen LogP contribution in [0, 0.1) is 17.8 Å². The van der Waals surface area contributed by atoms with E-state index in [1.165, 1.54) is 0 Å². The summed E-state index contributed by atoms with van der Waals surface area (Å²) in [6.07, 6.45) is 2.16. The lowest BCUT2D eigenvalue weighted by Gasteiger charge is -2.40. The van der Waals surface area contributed by atoms with Gasteiger partial charge in [-0.15, -0.1) is 0 Å². The van der Waals surface area contributed by atoms with Crippen LogP contribution in [-0.2, 0) is 14.4 Å². The van der Waals surface area contributed by atoms with Gasteiger partial charge < -0.3 is 15.3 Å². The lowest BCUT2D eigenvalue weighted by Crippen LogP contribution is -2.54. The first-order valence-electron chi connectivity index (χ1n) is 7.21. The molecule has 1 heterocycles. The van der Waals surface area contributed by atoms with Crippen LogP contribution in [0.25, 0.3) is 0 Å². The number of carboxylic acid groups (broad SMARTS) is 1. The first-order chi connectivity index (χ1) is 9.41. The molecule has 6 heteroatoms. The van der Waals surface area contributed by atoms with Crippen molar-refractivity contribution < 1.29 is 19.5 Å². The van der Waals surface area contributed by atoms with Gasteiger partial charge in [0.2, 0.25) is 11.8 Å². The van der Waals surface area contributed by atoms with Crippen molar-refractivity contribution in [2.45, 2.75) is 39.2 Å². The fraction of sp³-hybridized carbons (Fsp3) is 0.786. The van der Waals surface area contributed by atoms with Crippen LogP contribution in [0.4, 0.5) is 0 Å². The first kappa shape index (κ1) is 14.8. The second-order valence-electron chi connectivity index (χ2n) is 5.94. The van der Waals surface area contributed by atoms with Crippen molar-refractivity contribution in [3.63, 3.8) is 0 Å². The van der Waals surface area contributed by atoms with Crippen molar-refractivity contribution in [2.24, 2.45) is 17.8 Å². The van der Waals surface area contributed by atoms with Crippen LogP contribution in [0.5, 0.6) is 0 Å². The van der Waals surface area contributed by atoms with E-state index in [0.29, 0.717) is 13.1 Å². The highest BCUT2D eigenvalue weighted by atomic mass is 16.4. The number of piperidine rings is 1. The number of rotatable bonds is 5. The number of nitrogens with zero attached hydrogens (tertiary/aromatic N) is 1. The van der Waals surface area contributed by atoms with Gasteiger partial charge in [-0.2, -0.15) is 0 Å². The van der Waals surface area contributed by atoms with E-state index < -0.39 is 11.9 Å². The molecule has 1 saturated heterocycles. The van der Waals surface area contributed by atoms with E-state index >= 15 is 0 Å². The molecule has 2 fully saturated rings. The summed E-state index contributed by atoms with van der Waals surface area (Å²) in [6, 6.07) is -0.332. The molecule has 0 bridgehead atoms. The predicted octanol–water partition coefficient (Wildman–Crippen LogP) is 0.470. The summed E-state index contributed by atoms with van der Waals surface area (Å²) in [7, 11) is 0. The fourth-order valence-electron chi connectivity index (χ4n) is 2.98. The molecule has 3 unspecified atom stereocenters. The molecule has 0 aromatic carbocycles. The molecular formula is C14H22N2O4. The minimum Gasteiger partial charge on any atom is -0.481 e. The second kappa shape index (κ2) is 5.81. The van der Waals surface area contributed by atoms with Crippen LogP contribution in [-0.4, -0.2) is 46.9 Å².